The fraction of sp³-hybridized carbons (Fsp3) is 0.241. The summed E-state index contributed by atoms with van der Waals surface area (Å²) in [6, 6.07) is 17.2. The van der Waals surface area contributed by atoms with E-state index in [1.807, 2.05) is 44.2 Å². The number of imidazole rings is 1. The summed E-state index contributed by atoms with van der Waals surface area (Å²) in [5, 5.41) is 32.5. The number of carbonyl (C=O) groups is 1. The number of para-hydroxylation sites is 1. The normalized spacial score (nSPS) is 13.1. The van der Waals surface area contributed by atoms with E-state index in [4.69, 9.17) is 10.1 Å². The largest absolute Gasteiger partial charge is 0.481 e. The summed E-state index contributed by atoms with van der Waals surface area (Å²) in [6.45, 7) is 3.95. The van der Waals surface area contributed by atoms with Gasteiger partial charge in [-0.15, -0.1) is 0 Å². The molecular formula is C29H30FN5O4. The highest BCUT2D eigenvalue weighted by molar-refractivity contribution is 5.79. The van der Waals surface area contributed by atoms with E-state index in [0.717, 1.165) is 5.69 Å². The number of halogens is 1. The second-order valence-corrected chi connectivity index (χ2v) is 9.35. The zero-order chi connectivity index (χ0) is 27.9. The summed E-state index contributed by atoms with van der Waals surface area (Å²) in [4.78, 5) is 24.8. The van der Waals surface area contributed by atoms with E-state index in [2.05, 4.69) is 15.3 Å². The molecule has 0 bridgehead atoms. The Bertz CT molecular complexity index is 1440. The minimum atomic E-state index is -1.20. The maximum Gasteiger partial charge on any atom is 0.305 e. The lowest BCUT2D eigenvalue weighted by Gasteiger charge is -2.13. The Hall–Kier alpha value is -4.41. The van der Waals surface area contributed by atoms with Gasteiger partial charge in [0.15, 0.2) is 0 Å². The van der Waals surface area contributed by atoms with Gasteiger partial charge in [-0.25, -0.2) is 19.3 Å². The molecule has 4 rings (SSSR count). The third kappa shape index (κ3) is 7.13. The third-order valence-corrected chi connectivity index (χ3v) is 5.88. The topological polar surface area (TPSA) is 133 Å². The Morgan fingerprint density at radius 1 is 1.05 bits per heavy atom. The number of anilines is 2. The maximum atomic E-state index is 13.8. The molecule has 2 aromatic carbocycles. The standard InChI is InChI=1S/C29H30FN5O4/c1-18(2)28-34-26(24-12-14-31-29(33-24)32-21-6-4-3-5-7-21)27(19-8-10-20(30)11-9-19)35(28)15-13-22(36)16-23(37)17-25(38)39/h3-15,18,22-23,36-37H,16-17H2,1-2H3,(H,38,39)(H,31,32,33)/b15-13+/t22-,23-/m1/s1. The van der Waals surface area contributed by atoms with E-state index in [-0.39, 0.29) is 18.2 Å². The Labute approximate surface area is 225 Å². The van der Waals surface area contributed by atoms with Crippen LogP contribution in [0.1, 0.15) is 38.4 Å². The average Bonchev–Trinajstić information content (AvgIpc) is 3.28. The maximum absolute atomic E-state index is 13.8. The van der Waals surface area contributed by atoms with Crippen molar-refractivity contribution in [1.82, 2.24) is 19.5 Å². The van der Waals surface area contributed by atoms with Crippen molar-refractivity contribution in [3.63, 3.8) is 0 Å². The number of carboxylic acid groups (broad SMARTS) is 1. The van der Waals surface area contributed by atoms with Gasteiger partial charge in [0.2, 0.25) is 5.95 Å². The average molecular weight is 532 g/mol. The van der Waals surface area contributed by atoms with Gasteiger partial charge in [0.05, 0.1) is 30.0 Å². The van der Waals surface area contributed by atoms with Crippen LogP contribution in [0, 0.1) is 5.82 Å². The van der Waals surface area contributed by atoms with E-state index in [1.54, 1.807) is 35.2 Å². The van der Waals surface area contributed by atoms with Gasteiger partial charge in [0.25, 0.3) is 0 Å². The third-order valence-electron chi connectivity index (χ3n) is 5.88. The SMILES string of the molecule is CC(C)c1nc(-c2ccnc(Nc3ccccc3)n2)c(-c2ccc(F)cc2)n1/C=C/[C@@H](O)C[C@@H](O)CC(=O)O. The van der Waals surface area contributed by atoms with Gasteiger partial charge >= 0.3 is 5.97 Å². The van der Waals surface area contributed by atoms with E-state index >= 15 is 0 Å². The number of hydrogen-bond donors (Lipinski definition) is 4. The van der Waals surface area contributed by atoms with E-state index in [0.29, 0.717) is 34.4 Å². The van der Waals surface area contributed by atoms with Crippen molar-refractivity contribution < 1.29 is 24.5 Å². The van der Waals surface area contributed by atoms with Crippen LogP contribution in [0.25, 0.3) is 28.8 Å². The van der Waals surface area contributed by atoms with Gasteiger partial charge in [0, 0.05) is 36.0 Å². The number of aliphatic carboxylic acids is 1. The first kappa shape index (κ1) is 27.6. The lowest BCUT2D eigenvalue weighted by molar-refractivity contribution is -0.139. The molecular weight excluding hydrogens is 501 g/mol. The summed E-state index contributed by atoms with van der Waals surface area (Å²) in [5.41, 5.74) is 3.19. The van der Waals surface area contributed by atoms with Crippen LogP contribution in [0.5, 0.6) is 0 Å². The molecule has 4 N–H and O–H groups in total. The van der Waals surface area contributed by atoms with Crippen LogP contribution in [0.2, 0.25) is 0 Å². The molecule has 0 fully saturated rings. The minimum Gasteiger partial charge on any atom is -0.481 e. The van der Waals surface area contributed by atoms with Gasteiger partial charge in [-0.3, -0.25) is 4.79 Å². The smallest absolute Gasteiger partial charge is 0.305 e. The first-order valence-corrected chi connectivity index (χ1v) is 12.5. The van der Waals surface area contributed by atoms with Crippen molar-refractivity contribution in [3.05, 3.63) is 84.6 Å². The van der Waals surface area contributed by atoms with Crippen molar-refractivity contribution in [1.29, 1.82) is 0 Å². The number of nitrogens with zero attached hydrogens (tertiary/aromatic N) is 4. The Balaban J connectivity index is 1.78. The van der Waals surface area contributed by atoms with Crippen molar-refractivity contribution in [3.8, 4) is 22.6 Å². The zero-order valence-electron chi connectivity index (χ0n) is 21.6. The van der Waals surface area contributed by atoms with Crippen LogP contribution in [-0.2, 0) is 4.79 Å². The molecule has 0 spiro atoms. The number of hydrogen-bond acceptors (Lipinski definition) is 7. The quantitative estimate of drug-likeness (QED) is 0.211. The second kappa shape index (κ2) is 12.4. The summed E-state index contributed by atoms with van der Waals surface area (Å²) < 4.78 is 15.6. The molecule has 0 saturated carbocycles. The summed E-state index contributed by atoms with van der Waals surface area (Å²) in [6.07, 6.45) is 1.81. The van der Waals surface area contributed by atoms with Crippen LogP contribution in [0.4, 0.5) is 16.0 Å². The molecule has 39 heavy (non-hydrogen) atoms. The molecule has 0 amide bonds. The number of rotatable bonds is 11. The van der Waals surface area contributed by atoms with Gasteiger partial charge in [-0.2, -0.15) is 0 Å². The molecule has 2 aromatic heterocycles. The van der Waals surface area contributed by atoms with Crippen LogP contribution in [0.3, 0.4) is 0 Å². The van der Waals surface area contributed by atoms with Gasteiger partial charge in [-0.1, -0.05) is 32.0 Å². The Morgan fingerprint density at radius 2 is 1.77 bits per heavy atom. The molecule has 9 nitrogen and oxygen atoms in total. The molecule has 202 valence electrons. The number of carboxylic acids is 1. The fourth-order valence-corrected chi connectivity index (χ4v) is 4.10. The number of benzene rings is 2. The van der Waals surface area contributed by atoms with E-state index < -0.39 is 24.6 Å². The lowest BCUT2D eigenvalue weighted by Crippen LogP contribution is -2.19. The first-order valence-electron chi connectivity index (χ1n) is 12.5. The van der Waals surface area contributed by atoms with Gasteiger partial charge < -0.3 is 25.2 Å². The molecule has 0 aliphatic carbocycles. The number of aliphatic hydroxyl groups excluding tert-OH is 2. The Morgan fingerprint density at radius 3 is 2.44 bits per heavy atom. The minimum absolute atomic E-state index is 0.0407. The molecule has 0 aliphatic rings. The van der Waals surface area contributed by atoms with Gasteiger partial charge in [-0.05, 0) is 48.5 Å². The molecule has 0 radical (unpaired) electrons. The first-order chi connectivity index (χ1) is 18.7. The summed E-state index contributed by atoms with van der Waals surface area (Å²) in [7, 11) is 0. The molecule has 0 aliphatic heterocycles. The zero-order valence-corrected chi connectivity index (χ0v) is 21.6. The number of aliphatic hydroxyl groups is 2. The predicted octanol–water partition coefficient (Wildman–Crippen LogP) is 5.07. The van der Waals surface area contributed by atoms with Crippen molar-refractivity contribution in [2.75, 3.05) is 5.32 Å². The molecule has 0 saturated heterocycles. The molecule has 4 aromatic rings. The lowest BCUT2D eigenvalue weighted by atomic mass is 10.1. The highest BCUT2D eigenvalue weighted by Crippen LogP contribution is 2.35. The van der Waals surface area contributed by atoms with E-state index in [9.17, 15) is 19.4 Å². The molecule has 10 heteroatoms. The Kier molecular flexibility index (Phi) is 8.80. The highest BCUT2D eigenvalue weighted by atomic mass is 19.1. The summed E-state index contributed by atoms with van der Waals surface area (Å²) >= 11 is 0. The van der Waals surface area contributed by atoms with Crippen molar-refractivity contribution in [2.24, 2.45) is 0 Å². The van der Waals surface area contributed by atoms with Crippen molar-refractivity contribution in [2.45, 2.75) is 44.8 Å². The molecule has 0 unspecified atom stereocenters. The number of nitrogens with one attached hydrogen (secondary N) is 1. The van der Waals surface area contributed by atoms with Crippen LogP contribution in [0.15, 0.2) is 72.9 Å². The number of aromatic nitrogens is 4. The summed E-state index contributed by atoms with van der Waals surface area (Å²) in [5.74, 6) is -0.534. The van der Waals surface area contributed by atoms with Crippen molar-refractivity contribution >= 4 is 23.8 Å². The predicted molar refractivity (Wildman–Crippen MR) is 147 cm³/mol. The van der Waals surface area contributed by atoms with Gasteiger partial charge in [0.1, 0.15) is 17.3 Å². The van der Waals surface area contributed by atoms with Crippen LogP contribution >= 0.6 is 0 Å². The molecule has 2 atom stereocenters. The monoisotopic (exact) mass is 531 g/mol. The van der Waals surface area contributed by atoms with Crippen LogP contribution in [-0.4, -0.2) is 53.0 Å². The molecule has 2 heterocycles. The van der Waals surface area contributed by atoms with Crippen LogP contribution < -0.4 is 5.32 Å². The highest BCUT2D eigenvalue weighted by Gasteiger charge is 2.23. The van der Waals surface area contributed by atoms with E-state index in [1.165, 1.54) is 18.2 Å². The second-order valence-electron chi connectivity index (χ2n) is 9.35. The fourth-order valence-electron chi connectivity index (χ4n) is 4.10.